The molecule has 1 saturated carbocycles. The zero-order valence-electron chi connectivity index (χ0n) is 14.0. The molecule has 1 aromatic rings. The van der Waals surface area contributed by atoms with Crippen LogP contribution in [0.2, 0.25) is 0 Å². The molecule has 0 radical (unpaired) electrons. The Morgan fingerprint density at radius 1 is 1.29 bits per heavy atom. The molecule has 3 nitrogen and oxygen atoms in total. The SMILES string of the molecule is CCC1CCCCC1Oc1ncccc1CNC(C)(C)C. The summed E-state index contributed by atoms with van der Waals surface area (Å²) in [4.78, 5) is 4.48. The normalized spacial score (nSPS) is 23.0. The minimum atomic E-state index is 0.101. The predicted octanol–water partition coefficient (Wildman–Crippen LogP) is 4.32. The summed E-state index contributed by atoms with van der Waals surface area (Å²) in [6.07, 6.45) is 8.47. The molecule has 0 saturated heterocycles. The number of hydrogen-bond acceptors (Lipinski definition) is 3. The van der Waals surface area contributed by atoms with E-state index in [0.717, 1.165) is 18.0 Å². The molecular weight excluding hydrogens is 260 g/mol. The number of aromatic nitrogens is 1. The van der Waals surface area contributed by atoms with E-state index in [1.165, 1.54) is 32.1 Å². The first-order valence-electron chi connectivity index (χ1n) is 8.35. The van der Waals surface area contributed by atoms with Crippen molar-refractivity contribution in [2.75, 3.05) is 0 Å². The lowest BCUT2D eigenvalue weighted by Gasteiger charge is -2.31. The van der Waals surface area contributed by atoms with E-state index in [-0.39, 0.29) is 5.54 Å². The summed E-state index contributed by atoms with van der Waals surface area (Å²) in [6.45, 7) is 9.61. The maximum absolute atomic E-state index is 6.30. The van der Waals surface area contributed by atoms with Gasteiger partial charge in [0.15, 0.2) is 0 Å². The predicted molar refractivity (Wildman–Crippen MR) is 87.5 cm³/mol. The molecule has 1 heterocycles. The van der Waals surface area contributed by atoms with E-state index in [4.69, 9.17) is 4.74 Å². The molecule has 0 amide bonds. The third-order valence-corrected chi connectivity index (χ3v) is 4.29. The van der Waals surface area contributed by atoms with Crippen molar-refractivity contribution in [1.82, 2.24) is 10.3 Å². The molecule has 0 aromatic carbocycles. The van der Waals surface area contributed by atoms with Gasteiger partial charge in [-0.15, -0.1) is 0 Å². The van der Waals surface area contributed by atoms with Gasteiger partial charge in [-0.2, -0.15) is 0 Å². The fraction of sp³-hybridized carbons (Fsp3) is 0.722. The Bertz CT molecular complexity index is 439. The summed E-state index contributed by atoms with van der Waals surface area (Å²) in [6, 6.07) is 4.11. The zero-order valence-corrected chi connectivity index (χ0v) is 14.0. The lowest BCUT2D eigenvalue weighted by molar-refractivity contribution is 0.0845. The van der Waals surface area contributed by atoms with Gasteiger partial charge in [0, 0.05) is 23.8 Å². The maximum Gasteiger partial charge on any atom is 0.218 e. The molecule has 0 spiro atoms. The van der Waals surface area contributed by atoms with Gasteiger partial charge < -0.3 is 10.1 Å². The van der Waals surface area contributed by atoms with Crippen LogP contribution in [0.1, 0.15) is 65.4 Å². The molecule has 1 N–H and O–H groups in total. The lowest BCUT2D eigenvalue weighted by atomic mass is 9.85. The van der Waals surface area contributed by atoms with E-state index in [2.05, 4.69) is 44.1 Å². The molecule has 2 rings (SSSR count). The highest BCUT2D eigenvalue weighted by Gasteiger charge is 2.26. The van der Waals surface area contributed by atoms with Gasteiger partial charge in [-0.3, -0.25) is 0 Å². The highest BCUT2D eigenvalue weighted by atomic mass is 16.5. The van der Waals surface area contributed by atoms with E-state index >= 15 is 0 Å². The molecule has 2 atom stereocenters. The molecule has 0 bridgehead atoms. The quantitative estimate of drug-likeness (QED) is 0.877. The third-order valence-electron chi connectivity index (χ3n) is 4.29. The van der Waals surface area contributed by atoms with E-state index in [1.807, 2.05) is 12.3 Å². The first-order valence-corrected chi connectivity index (χ1v) is 8.35. The van der Waals surface area contributed by atoms with Crippen LogP contribution in [-0.4, -0.2) is 16.6 Å². The van der Waals surface area contributed by atoms with Crippen LogP contribution in [0.25, 0.3) is 0 Å². The average molecular weight is 290 g/mol. The van der Waals surface area contributed by atoms with Crippen LogP contribution in [0.5, 0.6) is 5.88 Å². The Kier molecular flexibility index (Phi) is 5.63. The van der Waals surface area contributed by atoms with Crippen molar-refractivity contribution in [2.24, 2.45) is 5.92 Å². The van der Waals surface area contributed by atoms with Crippen LogP contribution in [0.3, 0.4) is 0 Å². The Hall–Kier alpha value is -1.09. The van der Waals surface area contributed by atoms with E-state index in [0.29, 0.717) is 12.0 Å². The molecule has 1 aromatic heterocycles. The Balaban J connectivity index is 2.05. The molecule has 21 heavy (non-hydrogen) atoms. The fourth-order valence-corrected chi connectivity index (χ4v) is 2.96. The average Bonchev–Trinajstić information content (AvgIpc) is 2.46. The maximum atomic E-state index is 6.30. The molecule has 1 aliphatic rings. The number of hydrogen-bond donors (Lipinski definition) is 1. The Morgan fingerprint density at radius 3 is 2.76 bits per heavy atom. The number of nitrogens with zero attached hydrogens (tertiary/aromatic N) is 1. The summed E-state index contributed by atoms with van der Waals surface area (Å²) in [5.74, 6) is 1.50. The third kappa shape index (κ3) is 4.99. The second-order valence-corrected chi connectivity index (χ2v) is 7.18. The Morgan fingerprint density at radius 2 is 2.05 bits per heavy atom. The van der Waals surface area contributed by atoms with E-state index < -0.39 is 0 Å². The van der Waals surface area contributed by atoms with Crippen molar-refractivity contribution in [1.29, 1.82) is 0 Å². The van der Waals surface area contributed by atoms with E-state index in [1.54, 1.807) is 0 Å². The van der Waals surface area contributed by atoms with Gasteiger partial charge in [0.05, 0.1) is 0 Å². The topological polar surface area (TPSA) is 34.1 Å². The number of nitrogens with one attached hydrogen (secondary N) is 1. The summed E-state index contributed by atoms with van der Waals surface area (Å²) in [5.41, 5.74) is 1.26. The van der Waals surface area contributed by atoms with Crippen molar-refractivity contribution in [3.8, 4) is 5.88 Å². The highest BCUT2D eigenvalue weighted by molar-refractivity contribution is 5.25. The molecule has 0 aliphatic heterocycles. The van der Waals surface area contributed by atoms with Crippen molar-refractivity contribution in [2.45, 2.75) is 78.0 Å². The van der Waals surface area contributed by atoms with Crippen LogP contribution in [-0.2, 0) is 6.54 Å². The van der Waals surface area contributed by atoms with Crippen molar-refractivity contribution >= 4 is 0 Å². The van der Waals surface area contributed by atoms with Gasteiger partial charge in [0.1, 0.15) is 6.10 Å². The number of pyridine rings is 1. The van der Waals surface area contributed by atoms with E-state index in [9.17, 15) is 0 Å². The summed E-state index contributed by atoms with van der Waals surface area (Å²) in [7, 11) is 0. The van der Waals surface area contributed by atoms with Crippen LogP contribution in [0.4, 0.5) is 0 Å². The van der Waals surface area contributed by atoms with Crippen LogP contribution >= 0.6 is 0 Å². The minimum absolute atomic E-state index is 0.101. The zero-order chi connectivity index (χ0) is 15.3. The molecular formula is C18H30N2O. The van der Waals surface area contributed by atoms with Gasteiger partial charge in [0.2, 0.25) is 5.88 Å². The summed E-state index contributed by atoms with van der Waals surface area (Å²) < 4.78 is 6.30. The first-order chi connectivity index (χ1) is 9.99. The smallest absolute Gasteiger partial charge is 0.218 e. The van der Waals surface area contributed by atoms with Gasteiger partial charge in [-0.05, 0) is 58.4 Å². The van der Waals surface area contributed by atoms with Gasteiger partial charge in [-0.1, -0.05) is 19.4 Å². The van der Waals surface area contributed by atoms with Gasteiger partial charge >= 0.3 is 0 Å². The summed E-state index contributed by atoms with van der Waals surface area (Å²) in [5, 5.41) is 3.52. The highest BCUT2D eigenvalue weighted by Crippen LogP contribution is 2.30. The van der Waals surface area contributed by atoms with Crippen LogP contribution < -0.4 is 10.1 Å². The minimum Gasteiger partial charge on any atom is -0.474 e. The number of rotatable bonds is 5. The first kappa shape index (κ1) is 16.3. The molecule has 2 unspecified atom stereocenters. The monoisotopic (exact) mass is 290 g/mol. The van der Waals surface area contributed by atoms with Gasteiger partial charge in [-0.25, -0.2) is 4.98 Å². The molecule has 118 valence electrons. The van der Waals surface area contributed by atoms with Gasteiger partial charge in [0.25, 0.3) is 0 Å². The second-order valence-electron chi connectivity index (χ2n) is 7.18. The molecule has 1 fully saturated rings. The Labute approximate surface area is 129 Å². The van der Waals surface area contributed by atoms with Crippen LogP contribution in [0.15, 0.2) is 18.3 Å². The standard InChI is InChI=1S/C18H30N2O/c1-5-14-9-6-7-11-16(14)21-17-15(10-8-12-19-17)13-20-18(2,3)4/h8,10,12,14,16,20H,5-7,9,11,13H2,1-4H3. The van der Waals surface area contributed by atoms with Crippen LogP contribution in [0, 0.1) is 5.92 Å². The summed E-state index contributed by atoms with van der Waals surface area (Å²) >= 11 is 0. The number of ether oxygens (including phenoxy) is 1. The second kappa shape index (κ2) is 7.26. The fourth-order valence-electron chi connectivity index (χ4n) is 2.96. The lowest BCUT2D eigenvalue weighted by Crippen LogP contribution is -2.35. The molecule has 1 aliphatic carbocycles. The van der Waals surface area contributed by atoms with Crippen molar-refractivity contribution in [3.63, 3.8) is 0 Å². The molecule has 3 heteroatoms. The van der Waals surface area contributed by atoms with Crippen molar-refractivity contribution < 1.29 is 4.74 Å². The van der Waals surface area contributed by atoms with Crippen molar-refractivity contribution in [3.05, 3.63) is 23.9 Å². The largest absolute Gasteiger partial charge is 0.474 e.